The Kier molecular flexibility index (Phi) is 65.1. The maximum absolute atomic E-state index is 13.0. The number of aliphatic hydroxyl groups is 1. The van der Waals surface area contributed by atoms with Crippen LogP contribution in [0.1, 0.15) is 310 Å². The number of phosphoric ester groups is 2. The summed E-state index contributed by atoms with van der Waals surface area (Å²) in [5.74, 6) is -2.23. The van der Waals surface area contributed by atoms with Crippen molar-refractivity contribution >= 4 is 39.5 Å². The van der Waals surface area contributed by atoms with E-state index in [-0.39, 0.29) is 25.7 Å². The van der Waals surface area contributed by atoms with Crippen LogP contribution in [-0.2, 0) is 65.4 Å². The average molecular weight is 1370 g/mol. The number of unbranched alkanes of at least 4 members (excludes halogenated alkanes) is 29. The van der Waals surface area contributed by atoms with Gasteiger partial charge in [-0.25, -0.2) is 9.13 Å². The number of esters is 4. The summed E-state index contributed by atoms with van der Waals surface area (Å²) in [6.07, 6.45) is 67.3. The molecule has 0 heterocycles. The van der Waals surface area contributed by atoms with E-state index in [0.29, 0.717) is 25.7 Å². The maximum Gasteiger partial charge on any atom is 0.472 e. The third-order valence-corrected chi connectivity index (χ3v) is 17.2. The molecule has 5 unspecified atom stereocenters. The van der Waals surface area contributed by atoms with Crippen molar-refractivity contribution in [3.8, 4) is 0 Å². The summed E-state index contributed by atoms with van der Waals surface area (Å²) in [5.41, 5.74) is 0. The molecule has 0 amide bonds. The van der Waals surface area contributed by atoms with Gasteiger partial charge in [0.25, 0.3) is 0 Å². The Morgan fingerprint density at radius 3 is 0.915 bits per heavy atom. The van der Waals surface area contributed by atoms with Crippen molar-refractivity contribution in [2.75, 3.05) is 39.6 Å². The van der Waals surface area contributed by atoms with Crippen molar-refractivity contribution in [2.45, 2.75) is 329 Å². The van der Waals surface area contributed by atoms with Gasteiger partial charge in [0.05, 0.1) is 26.4 Å². The van der Waals surface area contributed by atoms with Gasteiger partial charge in [-0.15, -0.1) is 0 Å². The highest BCUT2D eigenvalue weighted by Gasteiger charge is 2.30. The van der Waals surface area contributed by atoms with Gasteiger partial charge in [-0.05, 0) is 122 Å². The summed E-state index contributed by atoms with van der Waals surface area (Å²) in [5, 5.41) is 10.6. The molecular weight excluding hydrogens is 1230 g/mol. The monoisotopic (exact) mass is 1370 g/mol. The normalized spacial score (nSPS) is 14.5. The van der Waals surface area contributed by atoms with Gasteiger partial charge in [0.15, 0.2) is 12.2 Å². The van der Waals surface area contributed by atoms with Crippen LogP contribution in [0.2, 0.25) is 0 Å². The molecule has 5 atom stereocenters. The molecule has 0 saturated carbocycles. The molecule has 0 radical (unpaired) electrons. The molecule has 3 N–H and O–H groups in total. The van der Waals surface area contributed by atoms with Crippen molar-refractivity contribution in [3.05, 3.63) is 85.1 Å². The summed E-state index contributed by atoms with van der Waals surface area (Å²) in [6, 6.07) is 0. The van der Waals surface area contributed by atoms with Crippen LogP contribution in [0, 0.1) is 0 Å². The smallest absolute Gasteiger partial charge is 0.462 e. The van der Waals surface area contributed by atoms with E-state index in [9.17, 15) is 43.2 Å². The minimum Gasteiger partial charge on any atom is -0.462 e. The van der Waals surface area contributed by atoms with Crippen LogP contribution < -0.4 is 0 Å². The van der Waals surface area contributed by atoms with E-state index in [2.05, 4.69) is 113 Å². The van der Waals surface area contributed by atoms with Gasteiger partial charge in [-0.2, -0.15) is 0 Å². The van der Waals surface area contributed by atoms with Crippen LogP contribution in [0.5, 0.6) is 0 Å². The standard InChI is InChI=1S/C75H132O17P2/c1-5-9-13-17-21-25-29-32-34-37-41-44-48-52-56-60-73(78)86-66-71(92-75(80)62-58-54-50-46-42-38-35-33-30-26-22-18-14-10-6-2)68-90-94(83,84)88-64-69(76)63-87-93(81,82)89-67-70(91-74(79)61-57-53-49-45-39-28-24-20-16-12-8-4)65-85-72(77)59-55-51-47-43-40-36-31-27-23-19-15-11-7-3/h9,13,21-22,25-27,31-35,41,44,69-71,76H,5-8,10-12,14-20,23-24,28-30,36-40,42-43,45-68H2,1-4H3,(H,81,82)(H,83,84)/b13-9-,25-21-,26-22-,31-27-,34-32-,35-33-,44-41-. The number of aliphatic hydroxyl groups excluding tert-OH is 1. The number of carbonyl (C=O) groups excluding carboxylic acids is 4. The molecule has 0 spiro atoms. The topological polar surface area (TPSA) is 237 Å². The molecule has 0 aromatic heterocycles. The molecule has 0 aliphatic rings. The summed E-state index contributed by atoms with van der Waals surface area (Å²) in [4.78, 5) is 72.6. The van der Waals surface area contributed by atoms with Crippen molar-refractivity contribution < 1.29 is 80.2 Å². The Bertz CT molecular complexity index is 2120. The molecular formula is C75H132O17P2. The van der Waals surface area contributed by atoms with Crippen LogP contribution in [0.25, 0.3) is 0 Å². The van der Waals surface area contributed by atoms with Gasteiger partial charge in [0.1, 0.15) is 19.3 Å². The lowest BCUT2D eigenvalue weighted by Crippen LogP contribution is -2.30. The average Bonchev–Trinajstić information content (AvgIpc) is 1.36. The Hall–Kier alpha value is -3.76. The Morgan fingerprint density at radius 1 is 0.309 bits per heavy atom. The fourth-order valence-electron chi connectivity index (χ4n) is 9.71. The van der Waals surface area contributed by atoms with Gasteiger partial charge < -0.3 is 33.8 Å². The lowest BCUT2D eigenvalue weighted by Gasteiger charge is -2.21. The lowest BCUT2D eigenvalue weighted by atomic mass is 10.1. The van der Waals surface area contributed by atoms with Crippen LogP contribution >= 0.6 is 15.6 Å². The Labute approximate surface area is 570 Å². The predicted molar refractivity (Wildman–Crippen MR) is 381 cm³/mol. The fourth-order valence-corrected chi connectivity index (χ4v) is 11.3. The Balaban J connectivity index is 5.37. The number of hydrogen-bond acceptors (Lipinski definition) is 15. The van der Waals surface area contributed by atoms with E-state index in [1.54, 1.807) is 0 Å². The molecule has 0 saturated heterocycles. The minimum absolute atomic E-state index is 0.0705. The van der Waals surface area contributed by atoms with E-state index in [0.717, 1.165) is 148 Å². The zero-order chi connectivity index (χ0) is 69.0. The molecule has 0 aliphatic heterocycles. The van der Waals surface area contributed by atoms with Gasteiger partial charge in [0, 0.05) is 25.7 Å². The Morgan fingerprint density at radius 2 is 0.553 bits per heavy atom. The van der Waals surface area contributed by atoms with E-state index in [1.807, 2.05) is 0 Å². The SMILES string of the molecule is CC/C=C\C/C=C\C/C=C\C/C=C\CCCCC(=O)OCC(COP(=O)(O)OCC(O)COP(=O)(O)OCC(COC(=O)CCCCCCC/C=C\CCCCCC)OC(=O)CCCCCCCCCCCCC)OC(=O)CCCCCCC/C=C\C/C=C\CCCCC. The highest BCUT2D eigenvalue weighted by Crippen LogP contribution is 2.45. The molecule has 0 fully saturated rings. The molecule has 19 heteroatoms. The van der Waals surface area contributed by atoms with Crippen LogP contribution in [0.3, 0.4) is 0 Å². The highest BCUT2D eigenvalue weighted by atomic mass is 31.2. The largest absolute Gasteiger partial charge is 0.472 e. The molecule has 0 aliphatic carbocycles. The van der Waals surface area contributed by atoms with Gasteiger partial charge in [-0.3, -0.25) is 37.3 Å². The summed E-state index contributed by atoms with van der Waals surface area (Å²) < 4.78 is 68.3. The minimum atomic E-state index is -4.98. The molecule has 0 bridgehead atoms. The molecule has 0 aromatic rings. The first-order valence-electron chi connectivity index (χ1n) is 36.8. The summed E-state index contributed by atoms with van der Waals surface area (Å²) in [7, 11) is -9.95. The number of hydrogen-bond donors (Lipinski definition) is 3. The summed E-state index contributed by atoms with van der Waals surface area (Å²) >= 11 is 0. The van der Waals surface area contributed by atoms with Crippen molar-refractivity contribution in [1.82, 2.24) is 0 Å². The highest BCUT2D eigenvalue weighted by molar-refractivity contribution is 7.47. The van der Waals surface area contributed by atoms with Crippen LogP contribution in [0.15, 0.2) is 85.1 Å². The number of rotatable bonds is 69. The predicted octanol–water partition coefficient (Wildman–Crippen LogP) is 20.7. The third-order valence-electron chi connectivity index (χ3n) is 15.3. The quantitative estimate of drug-likeness (QED) is 0.0169. The van der Waals surface area contributed by atoms with Crippen molar-refractivity contribution in [1.29, 1.82) is 0 Å². The molecule has 17 nitrogen and oxygen atoms in total. The first kappa shape index (κ1) is 90.2. The van der Waals surface area contributed by atoms with E-state index >= 15 is 0 Å². The van der Waals surface area contributed by atoms with E-state index in [4.69, 9.17) is 37.0 Å². The number of ether oxygens (including phenoxy) is 4. The van der Waals surface area contributed by atoms with Gasteiger partial charge in [-0.1, -0.05) is 248 Å². The van der Waals surface area contributed by atoms with Crippen molar-refractivity contribution in [2.24, 2.45) is 0 Å². The molecule has 0 rings (SSSR count). The summed E-state index contributed by atoms with van der Waals surface area (Å²) in [6.45, 7) is 4.65. The first-order valence-corrected chi connectivity index (χ1v) is 39.8. The lowest BCUT2D eigenvalue weighted by molar-refractivity contribution is -0.161. The van der Waals surface area contributed by atoms with Crippen LogP contribution in [0.4, 0.5) is 0 Å². The maximum atomic E-state index is 13.0. The van der Waals surface area contributed by atoms with Gasteiger partial charge >= 0.3 is 39.5 Å². The second kappa shape index (κ2) is 67.8. The molecule has 544 valence electrons. The number of allylic oxidation sites excluding steroid dienone is 14. The molecule has 94 heavy (non-hydrogen) atoms. The number of phosphoric acid groups is 2. The van der Waals surface area contributed by atoms with Gasteiger partial charge in [0.2, 0.25) is 0 Å². The fraction of sp³-hybridized carbons (Fsp3) is 0.760. The second-order valence-corrected chi connectivity index (χ2v) is 27.4. The zero-order valence-electron chi connectivity index (χ0n) is 59.1. The van der Waals surface area contributed by atoms with E-state index < -0.39 is 97.5 Å². The molecule has 0 aromatic carbocycles. The van der Waals surface area contributed by atoms with Crippen LogP contribution in [-0.4, -0.2) is 96.7 Å². The zero-order valence-corrected chi connectivity index (χ0v) is 60.9. The number of carbonyl (C=O) groups is 4. The van der Waals surface area contributed by atoms with E-state index in [1.165, 1.54) is 83.5 Å². The third kappa shape index (κ3) is 66.8. The first-order chi connectivity index (χ1) is 45.7. The second-order valence-electron chi connectivity index (χ2n) is 24.5. The van der Waals surface area contributed by atoms with Crippen molar-refractivity contribution in [3.63, 3.8) is 0 Å².